The minimum absolute atomic E-state index is 0.0214. The summed E-state index contributed by atoms with van der Waals surface area (Å²) in [6.45, 7) is 2.38. The molecule has 0 saturated heterocycles. The smallest absolute Gasteiger partial charge is 0.224 e. The molecule has 2 aromatic rings. The summed E-state index contributed by atoms with van der Waals surface area (Å²) >= 11 is 11.7. The van der Waals surface area contributed by atoms with E-state index in [9.17, 15) is 5.11 Å². The van der Waals surface area contributed by atoms with E-state index in [1.165, 1.54) is 4.68 Å². The predicted molar refractivity (Wildman–Crippen MR) is 62.9 cm³/mol. The minimum atomic E-state index is -0.251. The van der Waals surface area contributed by atoms with Gasteiger partial charge < -0.3 is 9.84 Å². The van der Waals surface area contributed by atoms with Crippen LogP contribution in [0.15, 0.2) is 0 Å². The number of hydrogen-bond acceptors (Lipinski definition) is 5. The maximum Gasteiger partial charge on any atom is 0.224 e. The molecule has 0 aliphatic carbocycles. The lowest BCUT2D eigenvalue weighted by molar-refractivity contribution is 0.0815. The van der Waals surface area contributed by atoms with Gasteiger partial charge in [-0.25, -0.2) is 14.6 Å². The van der Waals surface area contributed by atoms with Gasteiger partial charge in [-0.1, -0.05) is 11.6 Å². The van der Waals surface area contributed by atoms with Crippen molar-refractivity contribution in [3.8, 4) is 0 Å². The van der Waals surface area contributed by atoms with Crippen LogP contribution in [0.4, 0.5) is 0 Å². The molecule has 8 heteroatoms. The molecular formula is C9H10Cl2N4O2. The van der Waals surface area contributed by atoms with E-state index in [0.717, 1.165) is 0 Å². The third kappa shape index (κ3) is 2.35. The van der Waals surface area contributed by atoms with Crippen LogP contribution in [0, 0.1) is 0 Å². The zero-order valence-corrected chi connectivity index (χ0v) is 10.5. The molecule has 2 aromatic heterocycles. The first-order valence-corrected chi connectivity index (χ1v) is 5.70. The monoisotopic (exact) mass is 276 g/mol. The second-order valence-electron chi connectivity index (χ2n) is 3.21. The molecule has 17 heavy (non-hydrogen) atoms. The summed E-state index contributed by atoms with van der Waals surface area (Å²) in [6, 6.07) is 0. The molecule has 0 aromatic carbocycles. The zero-order valence-electron chi connectivity index (χ0n) is 9.02. The lowest BCUT2D eigenvalue weighted by Gasteiger charge is -2.03. The molecule has 2 rings (SSSR count). The molecule has 0 atom stereocenters. The van der Waals surface area contributed by atoms with Gasteiger partial charge >= 0.3 is 0 Å². The molecule has 0 radical (unpaired) electrons. The fraction of sp³-hybridized carbons (Fsp3) is 0.444. The Balaban J connectivity index is 2.60. The second kappa shape index (κ2) is 5.14. The summed E-state index contributed by atoms with van der Waals surface area (Å²) in [7, 11) is 0. The molecule has 1 N–H and O–H groups in total. The highest BCUT2D eigenvalue weighted by atomic mass is 35.5. The van der Waals surface area contributed by atoms with Crippen molar-refractivity contribution >= 4 is 34.2 Å². The molecule has 0 aliphatic rings. The molecule has 2 heterocycles. The lowest BCUT2D eigenvalue weighted by Crippen LogP contribution is -2.05. The Morgan fingerprint density at radius 2 is 2.12 bits per heavy atom. The van der Waals surface area contributed by atoms with E-state index in [4.69, 9.17) is 27.9 Å². The van der Waals surface area contributed by atoms with Gasteiger partial charge in [-0.3, -0.25) is 0 Å². The zero-order chi connectivity index (χ0) is 12.4. The van der Waals surface area contributed by atoms with Crippen LogP contribution in [0.1, 0.15) is 12.6 Å². The first kappa shape index (κ1) is 12.5. The number of fused-ring (bicyclic) bond motifs is 1. The van der Waals surface area contributed by atoms with Crippen LogP contribution >= 0.6 is 23.2 Å². The number of aliphatic hydroxyl groups excluding tert-OH is 1. The van der Waals surface area contributed by atoms with Crippen LogP contribution in [0.3, 0.4) is 0 Å². The SMILES string of the molecule is CCOCn1nc(CO)c2nc(Cl)nc(Cl)c21. The van der Waals surface area contributed by atoms with Crippen LogP contribution < -0.4 is 0 Å². The largest absolute Gasteiger partial charge is 0.390 e. The molecule has 0 saturated carbocycles. The Bertz CT molecular complexity index is 543. The van der Waals surface area contributed by atoms with Crippen LogP contribution in [0.2, 0.25) is 10.4 Å². The van der Waals surface area contributed by atoms with E-state index in [1.54, 1.807) is 0 Å². The highest BCUT2D eigenvalue weighted by molar-refractivity contribution is 6.35. The Morgan fingerprint density at radius 3 is 2.76 bits per heavy atom. The maximum atomic E-state index is 9.19. The summed E-state index contributed by atoms with van der Waals surface area (Å²) in [4.78, 5) is 7.85. The molecular weight excluding hydrogens is 267 g/mol. The number of nitrogens with zero attached hydrogens (tertiary/aromatic N) is 4. The summed E-state index contributed by atoms with van der Waals surface area (Å²) in [6.07, 6.45) is 0. The first-order valence-electron chi connectivity index (χ1n) is 4.94. The summed E-state index contributed by atoms with van der Waals surface area (Å²) in [5.41, 5.74) is 1.34. The first-order chi connectivity index (χ1) is 8.17. The molecule has 0 spiro atoms. The molecule has 0 aliphatic heterocycles. The molecule has 6 nitrogen and oxygen atoms in total. The van der Waals surface area contributed by atoms with Gasteiger partial charge in [-0.05, 0) is 18.5 Å². The molecule has 0 unspecified atom stereocenters. The Kier molecular flexibility index (Phi) is 3.78. The number of hydrogen-bond donors (Lipinski definition) is 1. The van der Waals surface area contributed by atoms with Gasteiger partial charge in [0.1, 0.15) is 23.5 Å². The highest BCUT2D eigenvalue weighted by Gasteiger charge is 2.16. The van der Waals surface area contributed by atoms with Crippen molar-refractivity contribution < 1.29 is 9.84 Å². The van der Waals surface area contributed by atoms with E-state index in [-0.39, 0.29) is 23.8 Å². The third-order valence-corrected chi connectivity index (χ3v) is 2.59. The summed E-state index contributed by atoms with van der Waals surface area (Å²) in [5, 5.41) is 13.5. The topological polar surface area (TPSA) is 73.1 Å². The standard InChI is InChI=1S/C9H10Cl2N4O2/c1-2-17-4-15-7-6(5(3-16)14-15)12-9(11)13-8(7)10/h16H,2-4H2,1H3. The van der Waals surface area contributed by atoms with Crippen molar-refractivity contribution in [2.45, 2.75) is 20.3 Å². The second-order valence-corrected chi connectivity index (χ2v) is 3.90. The van der Waals surface area contributed by atoms with E-state index in [1.807, 2.05) is 6.92 Å². The van der Waals surface area contributed by atoms with Crippen molar-refractivity contribution in [2.75, 3.05) is 6.61 Å². The third-order valence-electron chi connectivity index (χ3n) is 2.15. The maximum absolute atomic E-state index is 9.19. The Morgan fingerprint density at radius 1 is 1.35 bits per heavy atom. The fourth-order valence-electron chi connectivity index (χ4n) is 1.45. The van der Waals surface area contributed by atoms with Gasteiger partial charge in [0.2, 0.25) is 5.28 Å². The van der Waals surface area contributed by atoms with E-state index < -0.39 is 0 Å². The average Bonchev–Trinajstić information content (AvgIpc) is 2.64. The highest BCUT2D eigenvalue weighted by Crippen LogP contribution is 2.24. The van der Waals surface area contributed by atoms with Gasteiger partial charge in [0.15, 0.2) is 5.15 Å². The fourth-order valence-corrected chi connectivity index (χ4v) is 1.93. The number of aliphatic hydroxyl groups is 1. The number of aromatic nitrogens is 4. The lowest BCUT2D eigenvalue weighted by atomic mass is 10.3. The molecule has 0 bridgehead atoms. The Hall–Kier alpha value is -0.950. The molecule has 0 fully saturated rings. The number of rotatable bonds is 4. The number of ether oxygens (including phenoxy) is 1. The van der Waals surface area contributed by atoms with Gasteiger partial charge in [-0.15, -0.1) is 0 Å². The van der Waals surface area contributed by atoms with Crippen molar-refractivity contribution in [1.82, 2.24) is 19.7 Å². The normalized spacial score (nSPS) is 11.3. The predicted octanol–water partition coefficient (Wildman–Crippen LogP) is 1.62. The van der Waals surface area contributed by atoms with Gasteiger partial charge in [-0.2, -0.15) is 5.10 Å². The van der Waals surface area contributed by atoms with E-state index >= 15 is 0 Å². The van der Waals surface area contributed by atoms with E-state index in [0.29, 0.717) is 23.3 Å². The van der Waals surface area contributed by atoms with Crippen LogP contribution in [-0.4, -0.2) is 31.5 Å². The van der Waals surface area contributed by atoms with Gasteiger partial charge in [0.05, 0.1) is 6.61 Å². The van der Waals surface area contributed by atoms with Crippen LogP contribution in [-0.2, 0) is 18.1 Å². The Labute approximate surface area is 107 Å². The van der Waals surface area contributed by atoms with Crippen molar-refractivity contribution in [3.05, 3.63) is 16.1 Å². The molecule has 0 amide bonds. The summed E-state index contributed by atoms with van der Waals surface area (Å²) in [5.74, 6) is 0. The number of halogens is 2. The van der Waals surface area contributed by atoms with Crippen molar-refractivity contribution in [1.29, 1.82) is 0 Å². The molecule has 92 valence electrons. The quantitative estimate of drug-likeness (QED) is 0.679. The summed E-state index contributed by atoms with van der Waals surface area (Å²) < 4.78 is 6.75. The minimum Gasteiger partial charge on any atom is -0.390 e. The van der Waals surface area contributed by atoms with Crippen molar-refractivity contribution in [3.63, 3.8) is 0 Å². The van der Waals surface area contributed by atoms with Crippen molar-refractivity contribution in [2.24, 2.45) is 0 Å². The van der Waals surface area contributed by atoms with Gasteiger partial charge in [0.25, 0.3) is 0 Å². The van der Waals surface area contributed by atoms with Crippen LogP contribution in [0.25, 0.3) is 11.0 Å². The van der Waals surface area contributed by atoms with Crippen LogP contribution in [0.5, 0.6) is 0 Å². The average molecular weight is 277 g/mol. The van der Waals surface area contributed by atoms with E-state index in [2.05, 4.69) is 15.1 Å². The van der Waals surface area contributed by atoms with Gasteiger partial charge in [0, 0.05) is 6.61 Å².